The lowest BCUT2D eigenvalue weighted by molar-refractivity contribution is 0.459. The summed E-state index contributed by atoms with van der Waals surface area (Å²) in [6, 6.07) is 0.363. The van der Waals surface area contributed by atoms with E-state index in [2.05, 4.69) is 29.4 Å². The average molecular weight is 158 g/mol. The molecule has 0 aliphatic carbocycles. The van der Waals surface area contributed by atoms with E-state index >= 15 is 0 Å². The Morgan fingerprint density at radius 2 is 2.50 bits per heavy atom. The first-order valence-corrected chi connectivity index (χ1v) is 3.66. The van der Waals surface area contributed by atoms with Crippen molar-refractivity contribution in [2.45, 2.75) is 26.3 Å². The number of aromatic amines is 1. The van der Waals surface area contributed by atoms with Gasteiger partial charge < -0.3 is 0 Å². The van der Waals surface area contributed by atoms with Crippen molar-refractivity contribution in [1.29, 1.82) is 0 Å². The minimum absolute atomic E-state index is 0.363. The molecule has 4 nitrogen and oxygen atoms in total. The fourth-order valence-electron chi connectivity index (χ4n) is 0.674. The van der Waals surface area contributed by atoms with Crippen molar-refractivity contribution in [3.63, 3.8) is 0 Å². The van der Waals surface area contributed by atoms with Crippen molar-refractivity contribution in [2.24, 2.45) is 0 Å². The second-order valence-corrected chi connectivity index (χ2v) is 2.57. The van der Waals surface area contributed by atoms with Gasteiger partial charge in [-0.3, -0.25) is 0 Å². The summed E-state index contributed by atoms with van der Waals surface area (Å²) in [6.45, 7) is 4.16. The summed E-state index contributed by atoms with van der Waals surface area (Å²) in [4.78, 5) is 0. The van der Waals surface area contributed by atoms with E-state index in [1.165, 1.54) is 0 Å². The third-order valence-corrected chi connectivity index (χ3v) is 1.80. The van der Waals surface area contributed by atoms with Gasteiger partial charge in [0.25, 0.3) is 0 Å². The van der Waals surface area contributed by atoms with Crippen LogP contribution in [0, 0.1) is 4.77 Å². The zero-order chi connectivity index (χ0) is 7.56. The summed E-state index contributed by atoms with van der Waals surface area (Å²) in [5.74, 6) is 0. The molecule has 1 N–H and O–H groups in total. The first-order valence-electron chi connectivity index (χ1n) is 3.25. The molecule has 10 heavy (non-hydrogen) atoms. The quantitative estimate of drug-likeness (QED) is 0.660. The minimum Gasteiger partial charge on any atom is -0.240 e. The first-order chi connectivity index (χ1) is 4.75. The molecular weight excluding hydrogens is 148 g/mol. The van der Waals surface area contributed by atoms with Crippen LogP contribution in [0.3, 0.4) is 0 Å². The standard InChI is InChI=1S/C5H10N4S/c1-3-4(2)9-5(10)6-7-8-9/h4H,3H2,1-2H3,(H,6,8,10). The summed E-state index contributed by atoms with van der Waals surface area (Å²) in [5, 5.41) is 9.94. The molecule has 0 amide bonds. The predicted molar refractivity (Wildman–Crippen MR) is 40.2 cm³/mol. The fraction of sp³-hybridized carbons (Fsp3) is 0.800. The number of nitrogens with one attached hydrogen (secondary N) is 1. The molecule has 1 rings (SSSR count). The van der Waals surface area contributed by atoms with Crippen LogP contribution in [-0.2, 0) is 0 Å². The Balaban J connectivity index is 2.93. The maximum absolute atomic E-state index is 4.89. The highest BCUT2D eigenvalue weighted by Crippen LogP contribution is 2.05. The maximum atomic E-state index is 4.89. The lowest BCUT2D eigenvalue weighted by atomic mass is 10.3. The lowest BCUT2D eigenvalue weighted by Gasteiger charge is -2.06. The number of nitrogens with zero attached hydrogens (tertiary/aromatic N) is 3. The topological polar surface area (TPSA) is 46.5 Å². The third-order valence-electron chi connectivity index (χ3n) is 1.53. The highest BCUT2D eigenvalue weighted by Gasteiger charge is 2.02. The zero-order valence-corrected chi connectivity index (χ0v) is 6.85. The Morgan fingerprint density at radius 1 is 1.80 bits per heavy atom. The molecule has 1 aromatic rings. The minimum atomic E-state index is 0.363. The van der Waals surface area contributed by atoms with Crippen molar-refractivity contribution >= 4 is 12.2 Å². The van der Waals surface area contributed by atoms with E-state index in [9.17, 15) is 0 Å². The Hall–Kier alpha value is -0.710. The summed E-state index contributed by atoms with van der Waals surface area (Å²) < 4.78 is 2.30. The molecule has 0 bridgehead atoms. The number of hydrogen-bond acceptors (Lipinski definition) is 3. The van der Waals surface area contributed by atoms with Gasteiger partial charge in [0.1, 0.15) is 0 Å². The number of H-pyrrole nitrogens is 1. The third kappa shape index (κ3) is 1.23. The molecule has 1 atom stereocenters. The van der Waals surface area contributed by atoms with E-state index in [0.29, 0.717) is 10.8 Å². The predicted octanol–water partition coefficient (Wildman–Crippen LogP) is 1.31. The van der Waals surface area contributed by atoms with Crippen molar-refractivity contribution in [2.75, 3.05) is 0 Å². The number of aromatic nitrogens is 4. The highest BCUT2D eigenvalue weighted by molar-refractivity contribution is 7.71. The van der Waals surface area contributed by atoms with E-state index in [1.807, 2.05) is 0 Å². The first kappa shape index (κ1) is 7.40. The van der Waals surface area contributed by atoms with Crippen LogP contribution in [0.4, 0.5) is 0 Å². The van der Waals surface area contributed by atoms with E-state index in [1.54, 1.807) is 4.68 Å². The van der Waals surface area contributed by atoms with Gasteiger partial charge in [-0.1, -0.05) is 17.2 Å². The molecule has 1 heterocycles. The van der Waals surface area contributed by atoms with Gasteiger partial charge in [-0.05, 0) is 25.6 Å². The largest absolute Gasteiger partial charge is 0.240 e. The Morgan fingerprint density at radius 3 is 2.90 bits per heavy atom. The molecule has 0 spiro atoms. The molecule has 0 radical (unpaired) electrons. The summed E-state index contributed by atoms with van der Waals surface area (Å²) in [7, 11) is 0. The van der Waals surface area contributed by atoms with Crippen molar-refractivity contribution in [3.05, 3.63) is 4.77 Å². The SMILES string of the molecule is CCC(C)n1[nH]nnc1=S. The van der Waals surface area contributed by atoms with Crippen LogP contribution in [0.1, 0.15) is 26.3 Å². The molecule has 1 unspecified atom stereocenters. The molecule has 56 valence electrons. The number of hydrogen-bond donors (Lipinski definition) is 1. The Kier molecular flexibility index (Phi) is 2.16. The smallest absolute Gasteiger partial charge is 0.238 e. The summed E-state index contributed by atoms with van der Waals surface area (Å²) in [5.41, 5.74) is 0. The molecule has 0 aliphatic rings. The van der Waals surface area contributed by atoms with E-state index in [4.69, 9.17) is 12.2 Å². The molecule has 0 aromatic carbocycles. The fourth-order valence-corrected chi connectivity index (χ4v) is 0.936. The molecule has 5 heteroatoms. The second kappa shape index (κ2) is 2.92. The average Bonchev–Trinajstić information content (AvgIpc) is 2.34. The van der Waals surface area contributed by atoms with Gasteiger partial charge in [0, 0.05) is 0 Å². The molecule has 0 saturated heterocycles. The van der Waals surface area contributed by atoms with Gasteiger partial charge in [-0.25, -0.2) is 4.68 Å². The molecule has 0 fully saturated rings. The maximum Gasteiger partial charge on any atom is 0.238 e. The van der Waals surface area contributed by atoms with Crippen LogP contribution in [0.2, 0.25) is 0 Å². The van der Waals surface area contributed by atoms with E-state index in [0.717, 1.165) is 6.42 Å². The van der Waals surface area contributed by atoms with Crippen LogP contribution in [-0.4, -0.2) is 20.2 Å². The summed E-state index contributed by atoms with van der Waals surface area (Å²) in [6.07, 6.45) is 1.03. The van der Waals surface area contributed by atoms with E-state index in [-0.39, 0.29) is 0 Å². The highest BCUT2D eigenvalue weighted by atomic mass is 32.1. The van der Waals surface area contributed by atoms with Gasteiger partial charge in [0.2, 0.25) is 4.77 Å². The van der Waals surface area contributed by atoms with Gasteiger partial charge in [-0.15, -0.1) is 0 Å². The van der Waals surface area contributed by atoms with Crippen LogP contribution in [0.5, 0.6) is 0 Å². The van der Waals surface area contributed by atoms with Crippen LogP contribution in [0.15, 0.2) is 0 Å². The Bertz CT molecular complexity index is 250. The summed E-state index contributed by atoms with van der Waals surface area (Å²) >= 11 is 4.89. The van der Waals surface area contributed by atoms with Gasteiger partial charge in [-0.2, -0.15) is 5.21 Å². The van der Waals surface area contributed by atoms with Gasteiger partial charge in [0.15, 0.2) is 0 Å². The van der Waals surface area contributed by atoms with Crippen molar-refractivity contribution in [3.8, 4) is 0 Å². The van der Waals surface area contributed by atoms with Gasteiger partial charge >= 0.3 is 0 Å². The number of rotatable bonds is 2. The van der Waals surface area contributed by atoms with Crippen molar-refractivity contribution < 1.29 is 0 Å². The number of tetrazole rings is 1. The molecule has 0 aliphatic heterocycles. The normalized spacial score (nSPS) is 13.4. The molecular formula is C5H10N4S. The monoisotopic (exact) mass is 158 g/mol. The molecule has 1 aromatic heterocycles. The lowest BCUT2D eigenvalue weighted by Crippen LogP contribution is -2.05. The Labute approximate surface area is 64.2 Å². The van der Waals surface area contributed by atoms with Crippen LogP contribution >= 0.6 is 12.2 Å². The second-order valence-electron chi connectivity index (χ2n) is 2.21. The van der Waals surface area contributed by atoms with Gasteiger partial charge in [0.05, 0.1) is 6.04 Å². The van der Waals surface area contributed by atoms with E-state index < -0.39 is 0 Å². The zero-order valence-electron chi connectivity index (χ0n) is 6.03. The molecule has 0 saturated carbocycles. The van der Waals surface area contributed by atoms with Crippen LogP contribution < -0.4 is 0 Å². The van der Waals surface area contributed by atoms with Crippen molar-refractivity contribution in [1.82, 2.24) is 20.2 Å². The van der Waals surface area contributed by atoms with Crippen LogP contribution in [0.25, 0.3) is 0 Å².